The second-order valence-corrected chi connectivity index (χ2v) is 6.17. The Morgan fingerprint density at radius 1 is 1.00 bits per heavy atom. The first-order chi connectivity index (χ1) is 9.99. The molecular formula is C17H18Cl2FN. The normalized spacial score (nSPS) is 12.7. The fourth-order valence-electron chi connectivity index (χ4n) is 2.32. The van der Waals surface area contributed by atoms with Crippen molar-refractivity contribution >= 4 is 23.2 Å². The van der Waals surface area contributed by atoms with Gasteiger partial charge in [0.25, 0.3) is 0 Å². The molecule has 1 atom stereocenters. The molecule has 0 aromatic heterocycles. The van der Waals surface area contributed by atoms with Crippen LogP contribution in [0.25, 0.3) is 0 Å². The second kappa shape index (κ2) is 7.26. The third-order valence-corrected chi connectivity index (χ3v) is 4.16. The minimum Gasteiger partial charge on any atom is -0.306 e. The maximum Gasteiger partial charge on any atom is 0.123 e. The lowest BCUT2D eigenvalue weighted by Gasteiger charge is -2.23. The molecule has 0 heterocycles. The van der Waals surface area contributed by atoms with Crippen LogP contribution in [0.4, 0.5) is 4.39 Å². The summed E-state index contributed by atoms with van der Waals surface area (Å²) in [5.74, 6) is 0.132. The Kier molecular flexibility index (Phi) is 5.63. The van der Waals surface area contributed by atoms with Crippen molar-refractivity contribution in [3.8, 4) is 0 Å². The molecule has 0 amide bonds. The molecule has 0 saturated heterocycles. The minimum atomic E-state index is -0.226. The molecule has 21 heavy (non-hydrogen) atoms. The van der Waals surface area contributed by atoms with Gasteiger partial charge in [0.05, 0.1) is 0 Å². The molecule has 0 spiro atoms. The smallest absolute Gasteiger partial charge is 0.123 e. The molecular weight excluding hydrogens is 308 g/mol. The van der Waals surface area contributed by atoms with Gasteiger partial charge in [-0.15, -0.1) is 0 Å². The van der Waals surface area contributed by atoms with Crippen molar-refractivity contribution in [2.24, 2.45) is 5.92 Å². The van der Waals surface area contributed by atoms with E-state index in [9.17, 15) is 4.39 Å². The van der Waals surface area contributed by atoms with E-state index in [1.54, 1.807) is 12.1 Å². The molecule has 1 nitrogen and oxygen atoms in total. The van der Waals surface area contributed by atoms with Gasteiger partial charge in [0, 0.05) is 28.2 Å². The zero-order valence-electron chi connectivity index (χ0n) is 12.0. The topological polar surface area (TPSA) is 12.0 Å². The van der Waals surface area contributed by atoms with Gasteiger partial charge in [0.2, 0.25) is 0 Å². The van der Waals surface area contributed by atoms with E-state index in [0.717, 1.165) is 11.1 Å². The standard InChI is InChI=1S/C17H18Cl2FN/c1-11(2)17(12-6-8-13(20)9-7-12)21-10-14-15(18)4-3-5-16(14)19/h3-9,11,17,21H,10H2,1-2H3. The average Bonchev–Trinajstić information content (AvgIpc) is 2.43. The summed E-state index contributed by atoms with van der Waals surface area (Å²) in [6.07, 6.45) is 0. The van der Waals surface area contributed by atoms with Crippen molar-refractivity contribution in [2.45, 2.75) is 26.4 Å². The van der Waals surface area contributed by atoms with Crippen LogP contribution in [0.1, 0.15) is 31.0 Å². The predicted octanol–water partition coefficient (Wildman–Crippen LogP) is 5.62. The first kappa shape index (κ1) is 16.3. The van der Waals surface area contributed by atoms with Gasteiger partial charge in [-0.2, -0.15) is 0 Å². The van der Waals surface area contributed by atoms with Crippen LogP contribution in [0.5, 0.6) is 0 Å². The molecule has 2 aromatic rings. The van der Waals surface area contributed by atoms with Gasteiger partial charge in [0.1, 0.15) is 5.82 Å². The minimum absolute atomic E-state index is 0.109. The van der Waals surface area contributed by atoms with Crippen LogP contribution in [-0.4, -0.2) is 0 Å². The van der Waals surface area contributed by atoms with Crippen LogP contribution >= 0.6 is 23.2 Å². The Bertz CT molecular complexity index is 576. The van der Waals surface area contributed by atoms with E-state index in [2.05, 4.69) is 19.2 Å². The van der Waals surface area contributed by atoms with E-state index in [0.29, 0.717) is 22.5 Å². The van der Waals surface area contributed by atoms with E-state index < -0.39 is 0 Å². The first-order valence-electron chi connectivity index (χ1n) is 6.90. The molecule has 0 aliphatic carbocycles. The molecule has 0 saturated carbocycles. The summed E-state index contributed by atoms with van der Waals surface area (Å²) < 4.78 is 13.1. The number of rotatable bonds is 5. The van der Waals surface area contributed by atoms with Crippen molar-refractivity contribution in [3.63, 3.8) is 0 Å². The quantitative estimate of drug-likeness (QED) is 0.752. The fourth-order valence-corrected chi connectivity index (χ4v) is 2.85. The first-order valence-corrected chi connectivity index (χ1v) is 7.66. The molecule has 4 heteroatoms. The van der Waals surface area contributed by atoms with Crippen molar-refractivity contribution < 1.29 is 4.39 Å². The highest BCUT2D eigenvalue weighted by Gasteiger charge is 2.16. The Hall–Kier alpha value is -1.09. The van der Waals surface area contributed by atoms with Crippen LogP contribution < -0.4 is 5.32 Å². The summed E-state index contributed by atoms with van der Waals surface area (Å²) in [5.41, 5.74) is 1.93. The van der Waals surface area contributed by atoms with E-state index in [1.165, 1.54) is 12.1 Å². The van der Waals surface area contributed by atoms with Gasteiger partial charge in [-0.3, -0.25) is 0 Å². The lowest BCUT2D eigenvalue weighted by Crippen LogP contribution is -2.25. The van der Waals surface area contributed by atoms with Gasteiger partial charge in [0.15, 0.2) is 0 Å². The molecule has 2 aromatic carbocycles. The maximum atomic E-state index is 13.1. The Balaban J connectivity index is 2.16. The highest BCUT2D eigenvalue weighted by atomic mass is 35.5. The van der Waals surface area contributed by atoms with E-state index >= 15 is 0 Å². The van der Waals surface area contributed by atoms with Crippen molar-refractivity contribution in [1.29, 1.82) is 0 Å². The lowest BCUT2D eigenvalue weighted by molar-refractivity contribution is 0.410. The van der Waals surface area contributed by atoms with Crippen LogP contribution in [0.3, 0.4) is 0 Å². The highest BCUT2D eigenvalue weighted by Crippen LogP contribution is 2.27. The molecule has 0 radical (unpaired) electrons. The van der Waals surface area contributed by atoms with Crippen molar-refractivity contribution in [2.75, 3.05) is 0 Å². The van der Waals surface area contributed by atoms with E-state index in [-0.39, 0.29) is 11.9 Å². The molecule has 0 aliphatic heterocycles. The SMILES string of the molecule is CC(C)C(NCc1c(Cl)cccc1Cl)c1ccc(F)cc1. The summed E-state index contributed by atoms with van der Waals surface area (Å²) >= 11 is 12.4. The van der Waals surface area contributed by atoms with Crippen LogP contribution in [0, 0.1) is 11.7 Å². The van der Waals surface area contributed by atoms with Gasteiger partial charge in [-0.25, -0.2) is 4.39 Å². The molecule has 0 fully saturated rings. The molecule has 1 N–H and O–H groups in total. The monoisotopic (exact) mass is 325 g/mol. The van der Waals surface area contributed by atoms with Crippen LogP contribution in [-0.2, 0) is 6.54 Å². The third kappa shape index (κ3) is 4.19. The lowest BCUT2D eigenvalue weighted by atomic mass is 9.95. The predicted molar refractivity (Wildman–Crippen MR) is 87.3 cm³/mol. The maximum absolute atomic E-state index is 13.1. The number of nitrogens with one attached hydrogen (secondary N) is 1. The summed E-state index contributed by atoms with van der Waals surface area (Å²) in [4.78, 5) is 0. The molecule has 112 valence electrons. The molecule has 0 aliphatic rings. The number of benzene rings is 2. The summed E-state index contributed by atoms with van der Waals surface area (Å²) in [6, 6.07) is 12.2. The van der Waals surface area contributed by atoms with Crippen molar-refractivity contribution in [3.05, 3.63) is 69.5 Å². The highest BCUT2D eigenvalue weighted by molar-refractivity contribution is 6.35. The number of halogens is 3. The molecule has 1 unspecified atom stereocenters. The largest absolute Gasteiger partial charge is 0.306 e. The summed E-state index contributed by atoms with van der Waals surface area (Å²) in [5, 5.41) is 4.76. The number of hydrogen-bond donors (Lipinski definition) is 1. The molecule has 2 rings (SSSR count). The zero-order valence-corrected chi connectivity index (χ0v) is 13.5. The summed E-state index contributed by atoms with van der Waals surface area (Å²) in [7, 11) is 0. The van der Waals surface area contributed by atoms with Gasteiger partial charge in [-0.1, -0.05) is 55.2 Å². The fraction of sp³-hybridized carbons (Fsp3) is 0.294. The summed E-state index contributed by atoms with van der Waals surface area (Å²) in [6.45, 7) is 4.81. The number of hydrogen-bond acceptors (Lipinski definition) is 1. The zero-order chi connectivity index (χ0) is 15.4. The average molecular weight is 326 g/mol. The Labute approximate surface area is 135 Å². The van der Waals surface area contributed by atoms with E-state index in [1.807, 2.05) is 18.2 Å². The second-order valence-electron chi connectivity index (χ2n) is 5.35. The van der Waals surface area contributed by atoms with Crippen LogP contribution in [0.2, 0.25) is 10.0 Å². The Morgan fingerprint density at radius 3 is 2.10 bits per heavy atom. The third-order valence-electron chi connectivity index (χ3n) is 3.46. The van der Waals surface area contributed by atoms with Crippen molar-refractivity contribution in [1.82, 2.24) is 5.32 Å². The van der Waals surface area contributed by atoms with Gasteiger partial charge in [-0.05, 0) is 35.7 Å². The van der Waals surface area contributed by atoms with Gasteiger partial charge >= 0.3 is 0 Å². The Morgan fingerprint density at radius 2 is 1.57 bits per heavy atom. The van der Waals surface area contributed by atoms with E-state index in [4.69, 9.17) is 23.2 Å². The molecule has 0 bridgehead atoms. The van der Waals surface area contributed by atoms with Gasteiger partial charge < -0.3 is 5.32 Å². The van der Waals surface area contributed by atoms with Crippen LogP contribution in [0.15, 0.2) is 42.5 Å².